The van der Waals surface area contributed by atoms with Crippen LogP contribution in [0.25, 0.3) is 0 Å². The molecule has 1 amide bonds. The summed E-state index contributed by atoms with van der Waals surface area (Å²) in [4.78, 5) is 24.0. The van der Waals surface area contributed by atoms with E-state index in [1.807, 2.05) is 59.0 Å². The van der Waals surface area contributed by atoms with Crippen molar-refractivity contribution in [3.8, 4) is 5.75 Å². The third kappa shape index (κ3) is 5.44. The van der Waals surface area contributed by atoms with E-state index in [-0.39, 0.29) is 5.91 Å². The van der Waals surface area contributed by atoms with E-state index in [2.05, 4.69) is 50.5 Å². The van der Waals surface area contributed by atoms with Crippen molar-refractivity contribution in [2.75, 3.05) is 0 Å². The molecule has 2 aromatic carbocycles. The molecule has 2 aromatic rings. The maximum atomic E-state index is 12.7. The van der Waals surface area contributed by atoms with E-state index in [4.69, 9.17) is 4.74 Å². The summed E-state index contributed by atoms with van der Waals surface area (Å²) in [5, 5.41) is 12.2. The van der Waals surface area contributed by atoms with Gasteiger partial charge in [0.1, 0.15) is 5.75 Å². The molecular weight excluding hydrogens is 675 g/mol. The first-order valence-corrected chi connectivity index (χ1v) is 11.0. The number of benzene rings is 2. The van der Waals surface area contributed by atoms with Gasteiger partial charge in [-0.15, -0.1) is 0 Å². The minimum Gasteiger partial charge on any atom is -0.479 e. The zero-order valence-corrected chi connectivity index (χ0v) is 20.2. The number of halogens is 3. The predicted molar refractivity (Wildman–Crippen MR) is 125 cm³/mol. The Balaban J connectivity index is 2.28. The summed E-state index contributed by atoms with van der Waals surface area (Å²) < 4.78 is 7.88. The largest absolute Gasteiger partial charge is 0.479 e. The van der Waals surface area contributed by atoms with Crippen LogP contribution in [0.15, 0.2) is 36.4 Å². The summed E-state index contributed by atoms with van der Waals surface area (Å²) >= 11 is 6.25. The van der Waals surface area contributed by atoms with Crippen molar-refractivity contribution in [2.24, 2.45) is 0 Å². The van der Waals surface area contributed by atoms with Gasteiger partial charge in [0.15, 0.2) is 6.10 Å². The standard InChI is InChI=1S/C18H16I3NO4/c1-2-13(18(24)25)26-16-12(20)8-11(19)14(15(16)21)17(23)22-9-10-6-4-3-5-7-10/h3-8,13H,2,9H2,1H3,(H,22,23)(H,24,25). The highest BCUT2D eigenvalue weighted by Gasteiger charge is 2.25. The van der Waals surface area contributed by atoms with Crippen LogP contribution in [0.5, 0.6) is 5.75 Å². The first kappa shape index (κ1) is 21.7. The molecule has 0 saturated heterocycles. The summed E-state index contributed by atoms with van der Waals surface area (Å²) in [6.45, 7) is 2.17. The van der Waals surface area contributed by atoms with Crippen LogP contribution < -0.4 is 10.1 Å². The fourth-order valence-electron chi connectivity index (χ4n) is 2.21. The minimum atomic E-state index is -1.02. The number of carboxylic acid groups (broad SMARTS) is 1. The zero-order valence-electron chi connectivity index (χ0n) is 13.8. The molecule has 1 unspecified atom stereocenters. The second-order valence-electron chi connectivity index (χ2n) is 5.38. The van der Waals surface area contributed by atoms with Gasteiger partial charge >= 0.3 is 5.97 Å². The molecule has 5 nitrogen and oxygen atoms in total. The lowest BCUT2D eigenvalue weighted by atomic mass is 10.1. The van der Waals surface area contributed by atoms with E-state index < -0.39 is 12.1 Å². The number of rotatable bonds is 7. The number of hydrogen-bond donors (Lipinski definition) is 2. The molecule has 1 atom stereocenters. The quantitative estimate of drug-likeness (QED) is 0.415. The first-order valence-electron chi connectivity index (χ1n) is 7.74. The summed E-state index contributed by atoms with van der Waals surface area (Å²) in [7, 11) is 0. The smallest absolute Gasteiger partial charge is 0.344 e. The van der Waals surface area contributed by atoms with Crippen molar-refractivity contribution >= 4 is 79.6 Å². The van der Waals surface area contributed by atoms with Gasteiger partial charge in [-0.3, -0.25) is 4.79 Å². The Kier molecular flexibility index (Phi) is 8.39. The van der Waals surface area contributed by atoms with Gasteiger partial charge in [-0.1, -0.05) is 37.3 Å². The molecule has 2 rings (SSSR count). The molecule has 0 bridgehead atoms. The lowest BCUT2D eigenvalue weighted by molar-refractivity contribution is -0.145. The average Bonchev–Trinajstić information content (AvgIpc) is 2.60. The number of nitrogens with one attached hydrogen (secondary N) is 1. The highest BCUT2D eigenvalue weighted by molar-refractivity contribution is 14.1. The number of carbonyl (C=O) groups is 2. The number of hydrogen-bond acceptors (Lipinski definition) is 3. The van der Waals surface area contributed by atoms with Crippen LogP contribution >= 0.6 is 67.8 Å². The van der Waals surface area contributed by atoms with Crippen molar-refractivity contribution in [1.29, 1.82) is 0 Å². The SMILES string of the molecule is CCC(Oc1c(I)cc(I)c(C(=O)NCc2ccccc2)c1I)C(=O)O. The molecular formula is C18H16I3NO4. The Hall–Kier alpha value is -0.630. The third-order valence-corrected chi connectivity index (χ3v) is 6.24. The summed E-state index contributed by atoms with van der Waals surface area (Å²) in [5.74, 6) is -0.800. The second-order valence-corrected chi connectivity index (χ2v) is 8.78. The maximum Gasteiger partial charge on any atom is 0.344 e. The zero-order chi connectivity index (χ0) is 19.3. The van der Waals surface area contributed by atoms with E-state index in [0.717, 1.165) is 12.7 Å². The Morgan fingerprint density at radius 1 is 1.15 bits per heavy atom. The molecule has 0 aliphatic carbocycles. The number of carbonyl (C=O) groups excluding carboxylic acids is 1. The molecule has 0 saturated carbocycles. The lowest BCUT2D eigenvalue weighted by Gasteiger charge is -2.19. The van der Waals surface area contributed by atoms with Gasteiger partial charge < -0.3 is 15.2 Å². The van der Waals surface area contributed by atoms with Crippen LogP contribution in [0.2, 0.25) is 0 Å². The van der Waals surface area contributed by atoms with E-state index >= 15 is 0 Å². The molecule has 0 spiro atoms. The maximum absolute atomic E-state index is 12.7. The lowest BCUT2D eigenvalue weighted by Crippen LogP contribution is -2.28. The van der Waals surface area contributed by atoms with E-state index in [9.17, 15) is 14.7 Å². The molecule has 8 heteroatoms. The van der Waals surface area contributed by atoms with Crippen LogP contribution in [-0.2, 0) is 11.3 Å². The van der Waals surface area contributed by atoms with Crippen molar-refractivity contribution in [2.45, 2.75) is 26.0 Å². The van der Waals surface area contributed by atoms with E-state index in [0.29, 0.717) is 27.8 Å². The number of amides is 1. The number of carboxylic acids is 1. The second kappa shape index (κ2) is 10.1. The third-order valence-electron chi connectivity index (χ3n) is 3.56. The molecule has 0 aliphatic rings. The van der Waals surface area contributed by atoms with Crippen LogP contribution in [0.4, 0.5) is 0 Å². The van der Waals surface area contributed by atoms with Gasteiger partial charge in [0.25, 0.3) is 5.91 Å². The molecule has 0 aromatic heterocycles. The van der Waals surface area contributed by atoms with Gasteiger partial charge in [0, 0.05) is 10.1 Å². The topological polar surface area (TPSA) is 75.6 Å². The highest BCUT2D eigenvalue weighted by atomic mass is 127. The minimum absolute atomic E-state index is 0.215. The highest BCUT2D eigenvalue weighted by Crippen LogP contribution is 2.34. The normalized spacial score (nSPS) is 11.7. The summed E-state index contributed by atoms with van der Waals surface area (Å²) in [6.07, 6.45) is -0.611. The molecule has 0 fully saturated rings. The van der Waals surface area contributed by atoms with Crippen LogP contribution in [-0.4, -0.2) is 23.1 Å². The Morgan fingerprint density at radius 2 is 1.81 bits per heavy atom. The molecule has 26 heavy (non-hydrogen) atoms. The number of ether oxygens (including phenoxy) is 1. The Morgan fingerprint density at radius 3 is 2.38 bits per heavy atom. The van der Waals surface area contributed by atoms with Crippen molar-refractivity contribution in [1.82, 2.24) is 5.32 Å². The van der Waals surface area contributed by atoms with Crippen LogP contribution in [0.3, 0.4) is 0 Å². The van der Waals surface area contributed by atoms with Crippen molar-refractivity contribution in [3.05, 3.63) is 58.2 Å². The number of aliphatic carboxylic acids is 1. The first-order chi connectivity index (χ1) is 12.3. The van der Waals surface area contributed by atoms with Gasteiger partial charge in [-0.25, -0.2) is 4.79 Å². The van der Waals surface area contributed by atoms with Gasteiger partial charge in [0.05, 0.1) is 12.7 Å². The van der Waals surface area contributed by atoms with Crippen LogP contribution in [0, 0.1) is 10.7 Å². The molecule has 0 radical (unpaired) electrons. The van der Waals surface area contributed by atoms with Gasteiger partial charge in [-0.2, -0.15) is 0 Å². The summed E-state index contributed by atoms with van der Waals surface area (Å²) in [5.41, 5.74) is 1.50. The fourth-order valence-corrected chi connectivity index (χ4v) is 6.32. The summed E-state index contributed by atoms with van der Waals surface area (Å²) in [6, 6.07) is 11.5. The van der Waals surface area contributed by atoms with Gasteiger partial charge in [0.2, 0.25) is 0 Å². The van der Waals surface area contributed by atoms with Gasteiger partial charge in [-0.05, 0) is 85.8 Å². The monoisotopic (exact) mass is 691 g/mol. The van der Waals surface area contributed by atoms with Crippen molar-refractivity contribution in [3.63, 3.8) is 0 Å². The fraction of sp³-hybridized carbons (Fsp3) is 0.222. The van der Waals surface area contributed by atoms with E-state index in [1.165, 1.54) is 0 Å². The van der Waals surface area contributed by atoms with Crippen LogP contribution in [0.1, 0.15) is 29.3 Å². The van der Waals surface area contributed by atoms with Crippen molar-refractivity contribution < 1.29 is 19.4 Å². The molecule has 138 valence electrons. The predicted octanol–water partition coefficient (Wildman–Crippen LogP) is 4.67. The Bertz CT molecular complexity index is 812. The van der Waals surface area contributed by atoms with E-state index in [1.54, 1.807) is 6.92 Å². The molecule has 0 heterocycles. The molecule has 0 aliphatic heterocycles. The Labute approximate surface area is 192 Å². The molecule has 2 N–H and O–H groups in total. The average molecular weight is 691 g/mol.